The first kappa shape index (κ1) is 21.4. The van der Waals surface area contributed by atoms with Gasteiger partial charge in [-0.3, -0.25) is 9.80 Å². The number of rotatable bonds is 7. The number of piperazine rings is 1. The van der Waals surface area contributed by atoms with Gasteiger partial charge in [0.1, 0.15) is 5.82 Å². The van der Waals surface area contributed by atoms with Gasteiger partial charge in [-0.25, -0.2) is 9.07 Å². The van der Waals surface area contributed by atoms with Crippen molar-refractivity contribution >= 4 is 0 Å². The van der Waals surface area contributed by atoms with Crippen molar-refractivity contribution in [1.82, 2.24) is 30.0 Å². The molecule has 0 radical (unpaired) electrons. The maximum atomic E-state index is 13.3. The van der Waals surface area contributed by atoms with E-state index in [9.17, 15) is 4.39 Å². The molecule has 0 aliphatic carbocycles. The standard InChI is InChI=1S/C26H27FN6/c27-24-13-11-22(12-14-24)20-33-26(28-29-30-33)25(23-9-5-2-6-10-23)32-17-15-31(16-18-32)19-21-7-3-1-4-8-21/h1-14,25H,15-20H2. The van der Waals surface area contributed by atoms with Crippen LogP contribution >= 0.6 is 0 Å². The number of tetrazole rings is 1. The molecule has 4 aromatic rings. The summed E-state index contributed by atoms with van der Waals surface area (Å²) in [5, 5.41) is 12.7. The summed E-state index contributed by atoms with van der Waals surface area (Å²) in [5.41, 5.74) is 3.47. The van der Waals surface area contributed by atoms with Crippen LogP contribution in [0.1, 0.15) is 28.6 Å². The molecule has 0 N–H and O–H groups in total. The summed E-state index contributed by atoms with van der Waals surface area (Å²) in [4.78, 5) is 4.96. The van der Waals surface area contributed by atoms with Gasteiger partial charge in [0.25, 0.3) is 0 Å². The molecule has 1 unspecified atom stereocenters. The van der Waals surface area contributed by atoms with E-state index in [-0.39, 0.29) is 11.9 Å². The molecule has 7 heteroatoms. The lowest BCUT2D eigenvalue weighted by atomic mass is 10.0. The Labute approximate surface area is 193 Å². The van der Waals surface area contributed by atoms with Gasteiger partial charge in [-0.15, -0.1) is 5.10 Å². The van der Waals surface area contributed by atoms with Gasteiger partial charge in [0, 0.05) is 32.7 Å². The van der Waals surface area contributed by atoms with Gasteiger partial charge >= 0.3 is 0 Å². The highest BCUT2D eigenvalue weighted by molar-refractivity contribution is 5.26. The topological polar surface area (TPSA) is 50.1 Å². The fourth-order valence-corrected chi connectivity index (χ4v) is 4.46. The van der Waals surface area contributed by atoms with Crippen molar-refractivity contribution in [1.29, 1.82) is 0 Å². The Morgan fingerprint density at radius 1 is 0.727 bits per heavy atom. The Bertz CT molecular complexity index is 1140. The zero-order chi connectivity index (χ0) is 22.5. The van der Waals surface area contributed by atoms with E-state index in [1.54, 1.807) is 12.1 Å². The summed E-state index contributed by atoms with van der Waals surface area (Å²) in [6.07, 6.45) is 0. The van der Waals surface area contributed by atoms with Crippen LogP contribution in [-0.2, 0) is 13.1 Å². The van der Waals surface area contributed by atoms with Crippen LogP contribution in [-0.4, -0.2) is 56.2 Å². The third-order valence-electron chi connectivity index (χ3n) is 6.19. The first-order chi connectivity index (χ1) is 16.3. The number of aromatic nitrogens is 4. The molecule has 0 amide bonds. The fraction of sp³-hybridized carbons (Fsp3) is 0.269. The van der Waals surface area contributed by atoms with E-state index in [0.29, 0.717) is 6.54 Å². The average molecular weight is 443 g/mol. The minimum absolute atomic E-state index is 0.0412. The summed E-state index contributed by atoms with van der Waals surface area (Å²) in [6.45, 7) is 5.29. The van der Waals surface area contributed by atoms with Crippen LogP contribution in [0.15, 0.2) is 84.9 Å². The largest absolute Gasteiger partial charge is 0.297 e. The minimum Gasteiger partial charge on any atom is -0.297 e. The first-order valence-corrected chi connectivity index (χ1v) is 11.3. The number of hydrogen-bond donors (Lipinski definition) is 0. The van der Waals surface area contributed by atoms with E-state index in [1.807, 2.05) is 10.7 Å². The van der Waals surface area contributed by atoms with Crippen molar-refractivity contribution in [3.63, 3.8) is 0 Å². The van der Waals surface area contributed by atoms with Crippen LogP contribution < -0.4 is 0 Å². The average Bonchev–Trinajstić information content (AvgIpc) is 3.31. The predicted octanol–water partition coefficient (Wildman–Crippen LogP) is 3.77. The molecule has 3 aromatic carbocycles. The van der Waals surface area contributed by atoms with E-state index in [1.165, 1.54) is 23.3 Å². The molecule has 1 aromatic heterocycles. The number of halogens is 1. The molecule has 1 aliphatic rings. The fourth-order valence-electron chi connectivity index (χ4n) is 4.46. The van der Waals surface area contributed by atoms with Crippen LogP contribution in [0.4, 0.5) is 4.39 Å². The molecular formula is C26H27FN6. The first-order valence-electron chi connectivity index (χ1n) is 11.3. The summed E-state index contributed by atoms with van der Waals surface area (Å²) in [7, 11) is 0. The molecule has 1 atom stereocenters. The Morgan fingerprint density at radius 3 is 2.06 bits per heavy atom. The molecule has 2 heterocycles. The molecule has 168 valence electrons. The molecule has 1 aliphatic heterocycles. The van der Waals surface area contributed by atoms with E-state index >= 15 is 0 Å². The van der Waals surface area contributed by atoms with Gasteiger partial charge in [-0.05, 0) is 39.2 Å². The summed E-state index contributed by atoms with van der Waals surface area (Å²) < 4.78 is 15.2. The van der Waals surface area contributed by atoms with E-state index < -0.39 is 0 Å². The molecule has 6 nitrogen and oxygen atoms in total. The normalized spacial score (nSPS) is 16.0. The highest BCUT2D eigenvalue weighted by atomic mass is 19.1. The second kappa shape index (κ2) is 10.0. The Kier molecular flexibility index (Phi) is 6.51. The van der Waals surface area contributed by atoms with Crippen LogP contribution in [0, 0.1) is 5.82 Å². The summed E-state index contributed by atoms with van der Waals surface area (Å²) in [6, 6.07) is 27.5. The number of hydrogen-bond acceptors (Lipinski definition) is 5. The Hall–Kier alpha value is -3.42. The Morgan fingerprint density at radius 2 is 1.36 bits per heavy atom. The SMILES string of the molecule is Fc1ccc(Cn2nnnc2C(c2ccccc2)N2CCN(Cc3ccccc3)CC2)cc1. The van der Waals surface area contributed by atoms with Crippen molar-refractivity contribution < 1.29 is 4.39 Å². The second-order valence-corrected chi connectivity index (χ2v) is 8.43. The maximum absolute atomic E-state index is 13.3. The minimum atomic E-state index is -0.244. The van der Waals surface area contributed by atoms with Crippen molar-refractivity contribution in [3.8, 4) is 0 Å². The van der Waals surface area contributed by atoms with Gasteiger partial charge in [-0.2, -0.15) is 0 Å². The van der Waals surface area contributed by atoms with Gasteiger partial charge < -0.3 is 0 Å². The highest BCUT2D eigenvalue weighted by Crippen LogP contribution is 2.28. The smallest absolute Gasteiger partial charge is 0.173 e. The lowest BCUT2D eigenvalue weighted by molar-refractivity contribution is 0.100. The maximum Gasteiger partial charge on any atom is 0.173 e. The predicted molar refractivity (Wildman–Crippen MR) is 125 cm³/mol. The van der Waals surface area contributed by atoms with Gasteiger partial charge in [0.2, 0.25) is 0 Å². The van der Waals surface area contributed by atoms with Gasteiger partial charge in [-0.1, -0.05) is 72.8 Å². The highest BCUT2D eigenvalue weighted by Gasteiger charge is 2.30. The second-order valence-electron chi connectivity index (χ2n) is 8.43. The van der Waals surface area contributed by atoms with E-state index in [2.05, 4.69) is 79.9 Å². The number of benzene rings is 3. The Balaban J connectivity index is 1.36. The van der Waals surface area contributed by atoms with Crippen molar-refractivity contribution in [2.24, 2.45) is 0 Å². The molecule has 0 spiro atoms. The van der Waals surface area contributed by atoms with Crippen molar-refractivity contribution in [2.75, 3.05) is 26.2 Å². The molecular weight excluding hydrogens is 415 g/mol. The van der Waals surface area contributed by atoms with Crippen molar-refractivity contribution in [3.05, 3.63) is 113 Å². The quantitative estimate of drug-likeness (QED) is 0.436. The van der Waals surface area contributed by atoms with E-state index in [0.717, 1.165) is 44.1 Å². The molecule has 1 saturated heterocycles. The lowest BCUT2D eigenvalue weighted by Gasteiger charge is -2.39. The van der Waals surface area contributed by atoms with E-state index in [4.69, 9.17) is 0 Å². The number of nitrogens with zero attached hydrogens (tertiary/aromatic N) is 6. The lowest BCUT2D eigenvalue weighted by Crippen LogP contribution is -2.47. The molecule has 1 fully saturated rings. The van der Waals surface area contributed by atoms with Gasteiger partial charge in [0.15, 0.2) is 5.82 Å². The summed E-state index contributed by atoms with van der Waals surface area (Å²) >= 11 is 0. The van der Waals surface area contributed by atoms with Crippen LogP contribution in [0.2, 0.25) is 0 Å². The molecule has 33 heavy (non-hydrogen) atoms. The molecule has 0 bridgehead atoms. The summed E-state index contributed by atoms with van der Waals surface area (Å²) in [5.74, 6) is 0.563. The zero-order valence-electron chi connectivity index (χ0n) is 18.5. The van der Waals surface area contributed by atoms with Crippen LogP contribution in [0.5, 0.6) is 0 Å². The van der Waals surface area contributed by atoms with Crippen LogP contribution in [0.25, 0.3) is 0 Å². The monoisotopic (exact) mass is 442 g/mol. The third-order valence-corrected chi connectivity index (χ3v) is 6.19. The van der Waals surface area contributed by atoms with Gasteiger partial charge in [0.05, 0.1) is 12.6 Å². The van der Waals surface area contributed by atoms with Crippen LogP contribution in [0.3, 0.4) is 0 Å². The zero-order valence-corrected chi connectivity index (χ0v) is 18.5. The third kappa shape index (κ3) is 5.16. The van der Waals surface area contributed by atoms with Crippen molar-refractivity contribution in [2.45, 2.75) is 19.1 Å². The molecule has 5 rings (SSSR count). The molecule has 0 saturated carbocycles.